The zero-order valence-electron chi connectivity index (χ0n) is 8.95. The molecule has 0 amide bonds. The summed E-state index contributed by atoms with van der Waals surface area (Å²) in [5.41, 5.74) is 2.19. The van der Waals surface area contributed by atoms with Crippen LogP contribution >= 0.6 is 38.5 Å². The first-order valence-corrected chi connectivity index (χ1v) is 6.74. The molecule has 1 heterocycles. The molecular weight excluding hydrogens is 397 g/mol. The van der Waals surface area contributed by atoms with Crippen LogP contribution in [0.1, 0.15) is 16.1 Å². The lowest BCUT2D eigenvalue weighted by Crippen LogP contribution is -2.06. The molecule has 0 aliphatic carbocycles. The third-order valence-corrected chi connectivity index (χ3v) is 3.63. The predicted molar refractivity (Wildman–Crippen MR) is 77.9 cm³/mol. The monoisotopic (exact) mass is 405 g/mol. The van der Waals surface area contributed by atoms with Gasteiger partial charge in [0.15, 0.2) is 0 Å². The van der Waals surface area contributed by atoms with Crippen LogP contribution in [0.2, 0.25) is 0 Å². The van der Waals surface area contributed by atoms with Crippen LogP contribution in [0.4, 0.5) is 0 Å². The van der Waals surface area contributed by atoms with Gasteiger partial charge in [0.1, 0.15) is 5.69 Å². The lowest BCUT2D eigenvalue weighted by atomic mass is 10.2. The maximum Gasteiger partial charge on any atom is 0.352 e. The molecule has 1 N–H and O–H groups in total. The molecule has 0 atom stereocenters. The van der Waals surface area contributed by atoms with E-state index in [1.165, 1.54) is 0 Å². The van der Waals surface area contributed by atoms with Crippen molar-refractivity contribution in [2.24, 2.45) is 0 Å². The van der Waals surface area contributed by atoms with Gasteiger partial charge in [-0.15, -0.1) is 0 Å². The standard InChI is InChI=1S/C12H9BrINO2/c1-7-2-3-9(13)10(4-7)15-6-8(14)5-11(15)12(16)17/h2-6H,1H3,(H,16,17). The molecule has 1 aromatic carbocycles. The van der Waals surface area contributed by atoms with E-state index in [1.807, 2.05) is 31.3 Å². The molecule has 2 aromatic rings. The van der Waals surface area contributed by atoms with E-state index >= 15 is 0 Å². The second-order valence-corrected chi connectivity index (χ2v) is 5.77. The van der Waals surface area contributed by atoms with E-state index in [2.05, 4.69) is 38.5 Å². The van der Waals surface area contributed by atoms with Crippen LogP contribution in [0.3, 0.4) is 0 Å². The third kappa shape index (κ3) is 2.55. The number of benzene rings is 1. The van der Waals surface area contributed by atoms with Crippen molar-refractivity contribution in [3.8, 4) is 5.69 Å². The Morgan fingerprint density at radius 1 is 1.41 bits per heavy atom. The number of carboxylic acid groups (broad SMARTS) is 1. The minimum absolute atomic E-state index is 0.265. The van der Waals surface area contributed by atoms with E-state index in [-0.39, 0.29) is 5.69 Å². The van der Waals surface area contributed by atoms with Crippen molar-refractivity contribution < 1.29 is 9.90 Å². The van der Waals surface area contributed by atoms with Gasteiger partial charge in [0.05, 0.1) is 5.69 Å². The van der Waals surface area contributed by atoms with Crippen molar-refractivity contribution in [3.63, 3.8) is 0 Å². The van der Waals surface area contributed by atoms with Gasteiger partial charge in [-0.05, 0) is 69.2 Å². The van der Waals surface area contributed by atoms with Crippen molar-refractivity contribution >= 4 is 44.5 Å². The maximum absolute atomic E-state index is 11.2. The second-order valence-electron chi connectivity index (χ2n) is 3.67. The number of aryl methyl sites for hydroxylation is 1. The molecule has 0 radical (unpaired) electrons. The number of rotatable bonds is 2. The molecule has 5 heteroatoms. The van der Waals surface area contributed by atoms with Gasteiger partial charge in [-0.1, -0.05) is 6.07 Å². The molecule has 0 bridgehead atoms. The van der Waals surface area contributed by atoms with Crippen LogP contribution in [0.25, 0.3) is 5.69 Å². The first-order valence-electron chi connectivity index (χ1n) is 4.87. The zero-order valence-corrected chi connectivity index (χ0v) is 12.7. The van der Waals surface area contributed by atoms with Crippen molar-refractivity contribution in [1.82, 2.24) is 4.57 Å². The van der Waals surface area contributed by atoms with Gasteiger partial charge in [0.2, 0.25) is 0 Å². The fourth-order valence-corrected chi connectivity index (χ4v) is 2.61. The number of hydrogen-bond acceptors (Lipinski definition) is 1. The highest BCUT2D eigenvalue weighted by atomic mass is 127. The minimum Gasteiger partial charge on any atom is -0.477 e. The van der Waals surface area contributed by atoms with Crippen LogP contribution < -0.4 is 0 Å². The second kappa shape index (κ2) is 4.81. The number of hydrogen-bond donors (Lipinski definition) is 1. The van der Waals surface area contributed by atoms with Crippen molar-refractivity contribution in [3.05, 3.63) is 49.8 Å². The van der Waals surface area contributed by atoms with E-state index in [1.54, 1.807) is 10.6 Å². The highest BCUT2D eigenvalue weighted by molar-refractivity contribution is 14.1. The summed E-state index contributed by atoms with van der Waals surface area (Å²) in [6.07, 6.45) is 1.81. The summed E-state index contributed by atoms with van der Waals surface area (Å²) in [6, 6.07) is 7.50. The molecule has 0 aliphatic heterocycles. The number of carboxylic acids is 1. The van der Waals surface area contributed by atoms with E-state index < -0.39 is 5.97 Å². The summed E-state index contributed by atoms with van der Waals surface area (Å²) in [6.45, 7) is 1.98. The topological polar surface area (TPSA) is 42.2 Å². The summed E-state index contributed by atoms with van der Waals surface area (Å²) in [7, 11) is 0. The summed E-state index contributed by atoms with van der Waals surface area (Å²) < 4.78 is 3.45. The molecule has 88 valence electrons. The molecule has 0 unspecified atom stereocenters. The Bertz CT molecular complexity index is 592. The Morgan fingerprint density at radius 2 is 2.12 bits per heavy atom. The summed E-state index contributed by atoms with van der Waals surface area (Å²) in [5, 5.41) is 9.16. The van der Waals surface area contributed by atoms with E-state index in [0.29, 0.717) is 0 Å². The molecular formula is C12H9BrINO2. The first kappa shape index (κ1) is 12.6. The van der Waals surface area contributed by atoms with Gasteiger partial charge in [-0.25, -0.2) is 4.79 Å². The van der Waals surface area contributed by atoms with Gasteiger partial charge in [-0.2, -0.15) is 0 Å². The van der Waals surface area contributed by atoms with Gasteiger partial charge in [-0.3, -0.25) is 0 Å². The smallest absolute Gasteiger partial charge is 0.352 e. The van der Waals surface area contributed by atoms with E-state index in [4.69, 9.17) is 5.11 Å². The van der Waals surface area contributed by atoms with Crippen LogP contribution in [-0.4, -0.2) is 15.6 Å². The molecule has 0 fully saturated rings. The normalized spacial score (nSPS) is 10.5. The number of aromatic nitrogens is 1. The summed E-state index contributed by atoms with van der Waals surface area (Å²) >= 11 is 5.55. The third-order valence-electron chi connectivity index (χ3n) is 2.37. The predicted octanol–water partition coefficient (Wildman–Crippen LogP) is 3.85. The largest absolute Gasteiger partial charge is 0.477 e. The first-order chi connectivity index (χ1) is 7.99. The van der Waals surface area contributed by atoms with Crippen molar-refractivity contribution in [2.45, 2.75) is 6.92 Å². The van der Waals surface area contributed by atoms with E-state index in [9.17, 15) is 4.79 Å². The van der Waals surface area contributed by atoms with E-state index in [0.717, 1.165) is 19.3 Å². The van der Waals surface area contributed by atoms with Crippen molar-refractivity contribution in [2.75, 3.05) is 0 Å². The SMILES string of the molecule is Cc1ccc(Br)c(-n2cc(I)cc2C(=O)O)c1. The van der Waals surface area contributed by atoms with Crippen LogP contribution in [-0.2, 0) is 0 Å². The fourth-order valence-electron chi connectivity index (χ4n) is 1.60. The Balaban J connectivity index is 2.67. The Kier molecular flexibility index (Phi) is 3.58. The average Bonchev–Trinajstić information content (AvgIpc) is 2.64. The molecule has 17 heavy (non-hydrogen) atoms. The number of nitrogens with zero attached hydrogens (tertiary/aromatic N) is 1. The lowest BCUT2D eigenvalue weighted by Gasteiger charge is -2.09. The number of aromatic carboxylic acids is 1. The molecule has 0 saturated heterocycles. The van der Waals surface area contributed by atoms with Crippen LogP contribution in [0.15, 0.2) is 34.9 Å². The fraction of sp³-hybridized carbons (Fsp3) is 0.0833. The van der Waals surface area contributed by atoms with Gasteiger partial charge in [0.25, 0.3) is 0 Å². The molecule has 3 nitrogen and oxygen atoms in total. The van der Waals surface area contributed by atoms with Gasteiger partial charge in [0, 0.05) is 14.2 Å². The Hall–Kier alpha value is -0.820. The molecule has 1 aromatic heterocycles. The summed E-state index contributed by atoms with van der Waals surface area (Å²) in [5.74, 6) is -0.929. The Labute approximate surface area is 121 Å². The lowest BCUT2D eigenvalue weighted by molar-refractivity contribution is 0.0688. The average molecular weight is 406 g/mol. The van der Waals surface area contributed by atoms with Gasteiger partial charge < -0.3 is 9.67 Å². The summed E-state index contributed by atoms with van der Waals surface area (Å²) in [4.78, 5) is 11.2. The maximum atomic E-state index is 11.2. The number of carbonyl (C=O) groups is 1. The number of halogens is 2. The Morgan fingerprint density at radius 3 is 2.76 bits per heavy atom. The van der Waals surface area contributed by atoms with Crippen LogP contribution in [0, 0.1) is 10.5 Å². The molecule has 2 rings (SSSR count). The van der Waals surface area contributed by atoms with Crippen molar-refractivity contribution in [1.29, 1.82) is 0 Å². The minimum atomic E-state index is -0.929. The van der Waals surface area contributed by atoms with Gasteiger partial charge >= 0.3 is 5.97 Å². The highest BCUT2D eigenvalue weighted by Gasteiger charge is 2.14. The quantitative estimate of drug-likeness (QED) is 0.771. The molecule has 0 spiro atoms. The highest BCUT2D eigenvalue weighted by Crippen LogP contribution is 2.25. The molecule has 0 saturated carbocycles. The zero-order chi connectivity index (χ0) is 12.6. The molecule has 0 aliphatic rings. The van der Waals surface area contributed by atoms with Crippen LogP contribution in [0.5, 0.6) is 0 Å².